The number of aliphatic hydroxyl groups is 1. The van der Waals surface area contributed by atoms with E-state index in [0.29, 0.717) is 6.42 Å². The number of carboxylic acids is 1. The van der Waals surface area contributed by atoms with E-state index in [1.807, 2.05) is 0 Å². The Morgan fingerprint density at radius 2 is 1.85 bits per heavy atom. The molecule has 3 nitrogen and oxygen atoms in total. The van der Waals surface area contributed by atoms with Gasteiger partial charge in [0, 0.05) is 0 Å². The summed E-state index contributed by atoms with van der Waals surface area (Å²) in [5.41, 5.74) is -3.59. The van der Waals surface area contributed by atoms with Gasteiger partial charge < -0.3 is 10.2 Å². The highest BCUT2D eigenvalue weighted by atomic mass is 19.4. The molecule has 0 aromatic carbocycles. The Labute approximate surface area is 73.2 Å². The summed E-state index contributed by atoms with van der Waals surface area (Å²) >= 11 is 0. The minimum Gasteiger partial charge on any atom is -0.479 e. The molecule has 0 aromatic heterocycles. The summed E-state index contributed by atoms with van der Waals surface area (Å²) in [5.74, 6) is -2.24. The zero-order valence-electron chi connectivity index (χ0n) is 7.06. The number of aliphatic carboxylic acids is 1. The second-order valence-corrected chi connectivity index (χ2v) is 2.77. The molecule has 2 N–H and O–H groups in total. The van der Waals surface area contributed by atoms with E-state index < -0.39 is 24.2 Å². The third kappa shape index (κ3) is 2.58. The predicted molar refractivity (Wildman–Crippen MR) is 38.2 cm³/mol. The number of hydrogen-bond donors (Lipinski definition) is 2. The van der Waals surface area contributed by atoms with Crippen LogP contribution in [0.5, 0.6) is 0 Å². The van der Waals surface area contributed by atoms with E-state index in [-0.39, 0.29) is 6.42 Å². The Morgan fingerprint density at radius 1 is 1.38 bits per heavy atom. The van der Waals surface area contributed by atoms with Crippen LogP contribution in [-0.2, 0) is 4.79 Å². The monoisotopic (exact) mass is 200 g/mol. The molecule has 78 valence electrons. The fraction of sp³-hybridized carbons (Fsp3) is 0.857. The first-order chi connectivity index (χ1) is 5.75. The summed E-state index contributed by atoms with van der Waals surface area (Å²) in [6.07, 6.45) is -5.51. The number of hydrogen-bond acceptors (Lipinski definition) is 2. The van der Waals surface area contributed by atoms with Crippen LogP contribution in [0.15, 0.2) is 0 Å². The van der Waals surface area contributed by atoms with Crippen LogP contribution in [0.1, 0.15) is 26.2 Å². The van der Waals surface area contributed by atoms with E-state index >= 15 is 0 Å². The fourth-order valence-corrected chi connectivity index (χ4v) is 0.803. The van der Waals surface area contributed by atoms with Crippen molar-refractivity contribution in [1.29, 1.82) is 0 Å². The first kappa shape index (κ1) is 12.2. The van der Waals surface area contributed by atoms with Crippen LogP contribution in [0.2, 0.25) is 0 Å². The summed E-state index contributed by atoms with van der Waals surface area (Å²) in [6.45, 7) is 1.61. The van der Waals surface area contributed by atoms with Crippen molar-refractivity contribution in [2.24, 2.45) is 0 Å². The largest absolute Gasteiger partial charge is 0.479 e. The van der Waals surface area contributed by atoms with Crippen LogP contribution in [0, 0.1) is 0 Å². The zero-order chi connectivity index (χ0) is 10.7. The van der Waals surface area contributed by atoms with Crippen LogP contribution in [0.3, 0.4) is 0 Å². The van der Waals surface area contributed by atoms with Gasteiger partial charge in [0.2, 0.25) is 0 Å². The third-order valence-corrected chi connectivity index (χ3v) is 1.71. The minimum absolute atomic E-state index is 0.0162. The quantitative estimate of drug-likeness (QED) is 0.723. The third-order valence-electron chi connectivity index (χ3n) is 1.71. The van der Waals surface area contributed by atoms with Crippen molar-refractivity contribution in [3.05, 3.63) is 0 Å². The Bertz CT molecular complexity index is 190. The molecule has 0 heterocycles. The topological polar surface area (TPSA) is 57.5 Å². The maximum Gasteiger partial charge on any atom is 0.428 e. The van der Waals surface area contributed by atoms with Gasteiger partial charge in [0.05, 0.1) is 0 Å². The highest BCUT2D eigenvalue weighted by Crippen LogP contribution is 2.34. The zero-order valence-corrected chi connectivity index (χ0v) is 7.06. The van der Waals surface area contributed by atoms with Gasteiger partial charge in [-0.05, 0) is 12.8 Å². The highest BCUT2D eigenvalue weighted by molar-refractivity contribution is 5.78. The molecule has 0 unspecified atom stereocenters. The van der Waals surface area contributed by atoms with Gasteiger partial charge in [-0.2, -0.15) is 13.2 Å². The lowest BCUT2D eigenvalue weighted by Gasteiger charge is -2.25. The van der Waals surface area contributed by atoms with Gasteiger partial charge in [0.1, 0.15) is 0 Å². The molecule has 0 fully saturated rings. The molecule has 0 bridgehead atoms. The average molecular weight is 200 g/mol. The van der Waals surface area contributed by atoms with E-state index in [0.717, 1.165) is 0 Å². The van der Waals surface area contributed by atoms with E-state index in [2.05, 4.69) is 0 Å². The summed E-state index contributed by atoms with van der Waals surface area (Å²) < 4.78 is 36.1. The van der Waals surface area contributed by atoms with E-state index in [1.165, 1.54) is 0 Å². The van der Waals surface area contributed by atoms with Crippen LogP contribution in [0.25, 0.3) is 0 Å². The van der Waals surface area contributed by atoms with Crippen LogP contribution >= 0.6 is 0 Å². The van der Waals surface area contributed by atoms with Crippen LogP contribution < -0.4 is 0 Å². The molecule has 0 aliphatic carbocycles. The summed E-state index contributed by atoms with van der Waals surface area (Å²) in [6, 6.07) is 0. The normalized spacial score (nSPS) is 16.7. The second kappa shape index (κ2) is 3.95. The van der Waals surface area contributed by atoms with Crippen molar-refractivity contribution in [3.63, 3.8) is 0 Å². The van der Waals surface area contributed by atoms with Crippen molar-refractivity contribution in [3.8, 4) is 0 Å². The molecule has 0 aliphatic heterocycles. The number of carbonyl (C=O) groups is 1. The first-order valence-electron chi connectivity index (χ1n) is 3.78. The molecule has 0 saturated carbocycles. The smallest absolute Gasteiger partial charge is 0.428 e. The fourth-order valence-electron chi connectivity index (χ4n) is 0.803. The molecular weight excluding hydrogens is 189 g/mol. The molecule has 0 radical (unpaired) electrons. The summed E-state index contributed by atoms with van der Waals surface area (Å²) in [4.78, 5) is 10.2. The number of carboxylic acid groups (broad SMARTS) is 1. The lowest BCUT2D eigenvalue weighted by Crippen LogP contribution is -2.51. The highest BCUT2D eigenvalue weighted by Gasteiger charge is 2.59. The maximum absolute atomic E-state index is 12.0. The minimum atomic E-state index is -5.12. The summed E-state index contributed by atoms with van der Waals surface area (Å²) in [7, 11) is 0. The molecule has 0 saturated heterocycles. The van der Waals surface area contributed by atoms with Gasteiger partial charge in [0.15, 0.2) is 0 Å². The average Bonchev–Trinajstić information content (AvgIpc) is 1.97. The number of rotatable bonds is 4. The van der Waals surface area contributed by atoms with Crippen LogP contribution in [-0.4, -0.2) is 28.0 Å². The van der Waals surface area contributed by atoms with Gasteiger partial charge in [0.25, 0.3) is 5.60 Å². The van der Waals surface area contributed by atoms with E-state index in [1.54, 1.807) is 6.92 Å². The Kier molecular flexibility index (Phi) is 3.71. The SMILES string of the molecule is CCCC[C@@](O)(C(=O)O)C(F)(F)F. The van der Waals surface area contributed by atoms with Gasteiger partial charge in [-0.25, -0.2) is 4.79 Å². The molecule has 1 atom stereocenters. The van der Waals surface area contributed by atoms with Crippen molar-refractivity contribution in [1.82, 2.24) is 0 Å². The van der Waals surface area contributed by atoms with Crippen molar-refractivity contribution < 1.29 is 28.2 Å². The Hall–Kier alpha value is -0.780. The lowest BCUT2D eigenvalue weighted by atomic mass is 9.96. The molecular formula is C7H11F3O3. The number of unbranched alkanes of at least 4 members (excludes halogenated alkanes) is 1. The predicted octanol–water partition coefficient (Wildman–Crippen LogP) is 1.55. The molecule has 0 rings (SSSR count). The van der Waals surface area contributed by atoms with Crippen LogP contribution in [0.4, 0.5) is 13.2 Å². The molecule has 0 aromatic rings. The van der Waals surface area contributed by atoms with Crippen molar-refractivity contribution in [2.45, 2.75) is 38.0 Å². The van der Waals surface area contributed by atoms with E-state index in [9.17, 15) is 18.0 Å². The molecule has 0 spiro atoms. The Balaban J connectivity index is 4.64. The standard InChI is InChI=1S/C7H11F3O3/c1-2-3-4-6(13,5(11)12)7(8,9)10/h13H,2-4H2,1H3,(H,11,12)/t6-/m1/s1. The van der Waals surface area contributed by atoms with Crippen molar-refractivity contribution >= 4 is 5.97 Å². The Morgan fingerprint density at radius 3 is 2.08 bits per heavy atom. The van der Waals surface area contributed by atoms with Gasteiger partial charge in [-0.1, -0.05) is 13.3 Å². The summed E-state index contributed by atoms with van der Waals surface area (Å²) in [5, 5.41) is 17.1. The second-order valence-electron chi connectivity index (χ2n) is 2.77. The lowest BCUT2D eigenvalue weighted by molar-refractivity contribution is -0.262. The van der Waals surface area contributed by atoms with Gasteiger partial charge in [-0.3, -0.25) is 0 Å². The first-order valence-corrected chi connectivity index (χ1v) is 3.78. The maximum atomic E-state index is 12.0. The molecule has 0 aliphatic rings. The molecule has 0 amide bonds. The van der Waals surface area contributed by atoms with Gasteiger partial charge >= 0.3 is 12.1 Å². The van der Waals surface area contributed by atoms with E-state index in [4.69, 9.17) is 10.2 Å². The molecule has 6 heteroatoms. The molecule has 13 heavy (non-hydrogen) atoms. The number of alkyl halides is 3. The van der Waals surface area contributed by atoms with Gasteiger partial charge in [-0.15, -0.1) is 0 Å². The number of halogens is 3. The van der Waals surface area contributed by atoms with Crippen molar-refractivity contribution in [2.75, 3.05) is 0 Å².